The molecular formula is C15H19NO3. The number of hydrogen-bond acceptors (Lipinski definition) is 4. The number of isocyanates is 1. The Morgan fingerprint density at radius 2 is 1.79 bits per heavy atom. The van der Waals surface area contributed by atoms with Crippen molar-refractivity contribution in [2.75, 3.05) is 14.2 Å². The van der Waals surface area contributed by atoms with E-state index in [1.165, 1.54) is 0 Å². The van der Waals surface area contributed by atoms with Crippen LogP contribution in [0, 0.1) is 6.92 Å². The monoisotopic (exact) mass is 261 g/mol. The van der Waals surface area contributed by atoms with Crippen LogP contribution in [0.5, 0.6) is 11.5 Å². The van der Waals surface area contributed by atoms with Crippen LogP contribution in [0.15, 0.2) is 17.1 Å². The first-order chi connectivity index (χ1) is 9.16. The molecule has 19 heavy (non-hydrogen) atoms. The second-order valence-electron chi connectivity index (χ2n) is 4.96. The zero-order valence-electron chi connectivity index (χ0n) is 11.7. The van der Waals surface area contributed by atoms with Gasteiger partial charge in [0.2, 0.25) is 6.08 Å². The first-order valence-corrected chi connectivity index (χ1v) is 6.49. The van der Waals surface area contributed by atoms with Crippen LogP contribution >= 0.6 is 0 Å². The highest BCUT2D eigenvalue weighted by Gasteiger charge is 2.38. The Labute approximate surface area is 113 Å². The predicted octanol–water partition coefficient (Wildman–Crippen LogP) is 3.12. The van der Waals surface area contributed by atoms with Gasteiger partial charge in [-0.15, -0.1) is 0 Å². The quantitative estimate of drug-likeness (QED) is 0.618. The van der Waals surface area contributed by atoms with E-state index in [9.17, 15) is 4.79 Å². The maximum Gasteiger partial charge on any atom is 0.235 e. The molecule has 0 aromatic heterocycles. The summed E-state index contributed by atoms with van der Waals surface area (Å²) in [6.07, 6.45) is 5.61. The lowest BCUT2D eigenvalue weighted by molar-refractivity contribution is 0.368. The van der Waals surface area contributed by atoms with Crippen molar-refractivity contribution in [3.8, 4) is 11.5 Å². The molecule has 0 radical (unpaired) electrons. The van der Waals surface area contributed by atoms with E-state index >= 15 is 0 Å². The number of methoxy groups -OCH3 is 2. The molecule has 0 bridgehead atoms. The molecule has 4 heteroatoms. The van der Waals surface area contributed by atoms with Crippen molar-refractivity contribution in [3.05, 3.63) is 23.3 Å². The van der Waals surface area contributed by atoms with E-state index in [0.717, 1.165) is 48.3 Å². The van der Waals surface area contributed by atoms with Crippen LogP contribution < -0.4 is 9.47 Å². The number of carbonyl (C=O) groups excluding carboxylic acids is 1. The van der Waals surface area contributed by atoms with Gasteiger partial charge in [0.25, 0.3) is 0 Å². The minimum atomic E-state index is -0.468. The molecule has 1 aliphatic rings. The van der Waals surface area contributed by atoms with Gasteiger partial charge in [0.1, 0.15) is 17.0 Å². The molecule has 0 N–H and O–H groups in total. The van der Waals surface area contributed by atoms with Crippen LogP contribution in [0.4, 0.5) is 0 Å². The van der Waals surface area contributed by atoms with Gasteiger partial charge in [-0.2, -0.15) is 4.99 Å². The summed E-state index contributed by atoms with van der Waals surface area (Å²) >= 11 is 0. The second kappa shape index (κ2) is 5.45. The minimum Gasteiger partial charge on any atom is -0.496 e. The van der Waals surface area contributed by atoms with Gasteiger partial charge in [0.05, 0.1) is 14.2 Å². The van der Waals surface area contributed by atoms with Crippen LogP contribution in [0.3, 0.4) is 0 Å². The zero-order valence-corrected chi connectivity index (χ0v) is 11.7. The lowest BCUT2D eigenvalue weighted by Crippen LogP contribution is -2.20. The molecule has 0 spiro atoms. The van der Waals surface area contributed by atoms with E-state index in [1.807, 2.05) is 19.1 Å². The number of hydrogen-bond donors (Lipinski definition) is 0. The molecule has 0 atom stereocenters. The molecule has 4 nitrogen and oxygen atoms in total. The van der Waals surface area contributed by atoms with Gasteiger partial charge in [-0.3, -0.25) is 0 Å². The van der Waals surface area contributed by atoms with Crippen LogP contribution in [-0.4, -0.2) is 20.3 Å². The van der Waals surface area contributed by atoms with Gasteiger partial charge in [0, 0.05) is 11.6 Å². The number of nitrogens with zero attached hydrogens (tertiary/aromatic N) is 1. The summed E-state index contributed by atoms with van der Waals surface area (Å²) in [5.74, 6) is 1.51. The number of ether oxygens (including phenoxy) is 2. The first kappa shape index (κ1) is 13.6. The van der Waals surface area contributed by atoms with Crippen LogP contribution in [0.25, 0.3) is 0 Å². The Hall–Kier alpha value is -1.80. The van der Waals surface area contributed by atoms with Gasteiger partial charge < -0.3 is 9.47 Å². The number of rotatable bonds is 4. The highest BCUT2D eigenvalue weighted by molar-refractivity contribution is 5.51. The summed E-state index contributed by atoms with van der Waals surface area (Å²) in [6.45, 7) is 1.98. The fraction of sp³-hybridized carbons (Fsp3) is 0.533. The normalized spacial score (nSPS) is 16.8. The van der Waals surface area contributed by atoms with Gasteiger partial charge in [-0.1, -0.05) is 12.8 Å². The summed E-state index contributed by atoms with van der Waals surface area (Å²) in [4.78, 5) is 14.9. The van der Waals surface area contributed by atoms with Gasteiger partial charge in [-0.25, -0.2) is 4.79 Å². The molecule has 0 saturated heterocycles. The van der Waals surface area contributed by atoms with E-state index < -0.39 is 5.54 Å². The maximum atomic E-state index is 10.8. The van der Waals surface area contributed by atoms with E-state index in [2.05, 4.69) is 4.99 Å². The number of aryl methyl sites for hydroxylation is 1. The smallest absolute Gasteiger partial charge is 0.235 e. The second-order valence-corrected chi connectivity index (χ2v) is 4.96. The van der Waals surface area contributed by atoms with Crippen molar-refractivity contribution < 1.29 is 14.3 Å². The van der Waals surface area contributed by atoms with E-state index in [0.29, 0.717) is 0 Å². The van der Waals surface area contributed by atoms with Gasteiger partial charge in [0.15, 0.2) is 0 Å². The summed E-state index contributed by atoms with van der Waals surface area (Å²) in [5, 5.41) is 0. The molecule has 1 aromatic rings. The van der Waals surface area contributed by atoms with Crippen molar-refractivity contribution >= 4 is 6.08 Å². The SMILES string of the molecule is COc1cc(OC)c(C2(N=C=O)CCCC2)cc1C. The molecule has 2 rings (SSSR count). The summed E-state index contributed by atoms with van der Waals surface area (Å²) in [7, 11) is 3.26. The zero-order chi connectivity index (χ0) is 13.9. The predicted molar refractivity (Wildman–Crippen MR) is 72.6 cm³/mol. The van der Waals surface area contributed by atoms with Crippen LogP contribution in [0.2, 0.25) is 0 Å². The minimum absolute atomic E-state index is 0.468. The standard InChI is InChI=1S/C15H19NO3/c1-11-8-12(14(19-3)9-13(11)18-2)15(16-10-17)6-4-5-7-15/h8-9H,4-7H2,1-3H3. The topological polar surface area (TPSA) is 47.9 Å². The maximum absolute atomic E-state index is 10.8. The Bertz CT molecular complexity index is 512. The Balaban J connectivity index is 2.59. The molecule has 0 aliphatic heterocycles. The molecule has 0 unspecified atom stereocenters. The van der Waals surface area contributed by atoms with Gasteiger partial charge in [-0.05, 0) is 31.4 Å². The number of aliphatic imine (C=N–C) groups is 1. The molecular weight excluding hydrogens is 242 g/mol. The molecule has 0 amide bonds. The van der Waals surface area contributed by atoms with Crippen molar-refractivity contribution in [3.63, 3.8) is 0 Å². The van der Waals surface area contributed by atoms with Gasteiger partial charge >= 0.3 is 0 Å². The molecule has 1 aliphatic carbocycles. The average Bonchev–Trinajstić information content (AvgIpc) is 2.88. The van der Waals surface area contributed by atoms with Crippen molar-refractivity contribution in [2.45, 2.75) is 38.1 Å². The molecule has 1 aromatic carbocycles. The van der Waals surface area contributed by atoms with Crippen molar-refractivity contribution in [1.82, 2.24) is 0 Å². The Kier molecular flexibility index (Phi) is 3.91. The van der Waals surface area contributed by atoms with Crippen LogP contribution in [-0.2, 0) is 10.3 Å². The van der Waals surface area contributed by atoms with Crippen molar-refractivity contribution in [1.29, 1.82) is 0 Å². The highest BCUT2D eigenvalue weighted by atomic mass is 16.5. The summed E-state index contributed by atoms with van der Waals surface area (Å²) in [6, 6.07) is 3.88. The molecule has 0 heterocycles. The fourth-order valence-electron chi connectivity index (χ4n) is 2.91. The first-order valence-electron chi connectivity index (χ1n) is 6.49. The van der Waals surface area contributed by atoms with E-state index in [1.54, 1.807) is 20.3 Å². The third-order valence-corrected chi connectivity index (χ3v) is 3.91. The Morgan fingerprint density at radius 3 is 2.32 bits per heavy atom. The van der Waals surface area contributed by atoms with Crippen molar-refractivity contribution in [2.24, 2.45) is 4.99 Å². The third-order valence-electron chi connectivity index (χ3n) is 3.91. The molecule has 1 saturated carbocycles. The van der Waals surface area contributed by atoms with Crippen LogP contribution in [0.1, 0.15) is 36.8 Å². The largest absolute Gasteiger partial charge is 0.496 e. The lowest BCUT2D eigenvalue weighted by atomic mass is 9.87. The number of benzene rings is 1. The third kappa shape index (κ3) is 2.36. The molecule has 1 fully saturated rings. The lowest BCUT2D eigenvalue weighted by Gasteiger charge is -2.26. The summed E-state index contributed by atoms with van der Waals surface area (Å²) in [5.41, 5.74) is 1.52. The highest BCUT2D eigenvalue weighted by Crippen LogP contribution is 2.47. The summed E-state index contributed by atoms with van der Waals surface area (Å²) < 4.78 is 10.8. The van der Waals surface area contributed by atoms with E-state index in [4.69, 9.17) is 9.47 Å². The Morgan fingerprint density at radius 1 is 1.16 bits per heavy atom. The molecule has 102 valence electrons. The fourth-order valence-corrected chi connectivity index (χ4v) is 2.91. The average molecular weight is 261 g/mol. The van der Waals surface area contributed by atoms with E-state index in [-0.39, 0.29) is 0 Å².